The Balaban J connectivity index is 2.60. The highest BCUT2D eigenvalue weighted by atomic mass is 16.2. The van der Waals surface area contributed by atoms with E-state index < -0.39 is 11.2 Å². The normalized spacial score (nSPS) is 11.2. The fraction of sp³-hybridized carbons (Fsp3) is 0.167. The summed E-state index contributed by atoms with van der Waals surface area (Å²) in [6.45, 7) is 3.90. The van der Waals surface area contributed by atoms with Gasteiger partial charge in [-0.05, 0) is 31.0 Å². The molecule has 18 heavy (non-hydrogen) atoms. The number of nitrogens with one attached hydrogen (secondary N) is 2. The molecule has 0 radical (unpaired) electrons. The Kier molecular flexibility index (Phi) is 2.07. The highest BCUT2D eigenvalue weighted by Crippen LogP contribution is 2.18. The lowest BCUT2D eigenvalue weighted by molar-refractivity contribution is 1.05. The zero-order valence-electron chi connectivity index (χ0n) is 9.87. The molecule has 0 spiro atoms. The van der Waals surface area contributed by atoms with E-state index in [0.717, 1.165) is 11.1 Å². The number of H-pyrrole nitrogens is 2. The van der Waals surface area contributed by atoms with Crippen molar-refractivity contribution >= 4 is 22.2 Å². The van der Waals surface area contributed by atoms with Crippen LogP contribution in [-0.4, -0.2) is 19.9 Å². The summed E-state index contributed by atoms with van der Waals surface area (Å²) in [6, 6.07) is 3.76. The monoisotopic (exact) mass is 242 g/mol. The van der Waals surface area contributed by atoms with Gasteiger partial charge in [0, 0.05) is 0 Å². The lowest BCUT2D eigenvalue weighted by Gasteiger charge is -2.05. The predicted octanol–water partition coefficient (Wildman–Crippen LogP) is 0.776. The van der Waals surface area contributed by atoms with E-state index in [1.54, 1.807) is 0 Å². The molecule has 3 aromatic rings. The summed E-state index contributed by atoms with van der Waals surface area (Å²) in [4.78, 5) is 36.0. The quantitative estimate of drug-likeness (QED) is 0.570. The first-order valence-corrected chi connectivity index (χ1v) is 5.46. The Morgan fingerprint density at radius 2 is 1.78 bits per heavy atom. The van der Waals surface area contributed by atoms with E-state index in [2.05, 4.69) is 19.9 Å². The molecule has 0 fully saturated rings. The molecule has 0 atom stereocenters. The minimum atomic E-state index is -0.579. The molecule has 3 rings (SSSR count). The molecular formula is C12H10N4O2. The van der Waals surface area contributed by atoms with E-state index in [0.29, 0.717) is 11.0 Å². The number of aryl methyl sites for hydroxylation is 2. The molecule has 2 aromatic heterocycles. The third-order valence-corrected chi connectivity index (χ3v) is 3.03. The lowest BCUT2D eigenvalue weighted by atomic mass is 10.1. The van der Waals surface area contributed by atoms with Crippen molar-refractivity contribution in [1.82, 2.24) is 19.9 Å². The van der Waals surface area contributed by atoms with Crippen LogP contribution in [-0.2, 0) is 0 Å². The molecule has 0 aliphatic rings. The maximum atomic E-state index is 11.7. The molecule has 2 N–H and O–H groups in total. The molecule has 0 unspecified atom stereocenters. The van der Waals surface area contributed by atoms with Gasteiger partial charge in [0.1, 0.15) is 0 Å². The van der Waals surface area contributed by atoms with Crippen molar-refractivity contribution in [3.8, 4) is 0 Å². The number of aromatic amines is 2. The SMILES string of the molecule is Cc1ccc2nc3[nH]c(=O)[nH]c(=O)c3nc2c1C. The summed E-state index contributed by atoms with van der Waals surface area (Å²) in [6.07, 6.45) is 0. The second-order valence-corrected chi connectivity index (χ2v) is 4.20. The van der Waals surface area contributed by atoms with E-state index in [4.69, 9.17) is 0 Å². The van der Waals surface area contributed by atoms with Crippen LogP contribution in [0.4, 0.5) is 0 Å². The molecule has 2 heterocycles. The minimum Gasteiger partial charge on any atom is -0.290 e. The fourth-order valence-electron chi connectivity index (χ4n) is 1.90. The highest BCUT2D eigenvalue weighted by molar-refractivity contribution is 5.86. The predicted molar refractivity (Wildman–Crippen MR) is 67.8 cm³/mol. The van der Waals surface area contributed by atoms with Crippen LogP contribution >= 0.6 is 0 Å². The van der Waals surface area contributed by atoms with Crippen molar-refractivity contribution in [1.29, 1.82) is 0 Å². The van der Waals surface area contributed by atoms with Gasteiger partial charge in [-0.3, -0.25) is 14.8 Å². The summed E-state index contributed by atoms with van der Waals surface area (Å²) in [7, 11) is 0. The summed E-state index contributed by atoms with van der Waals surface area (Å²) < 4.78 is 0. The largest absolute Gasteiger partial charge is 0.327 e. The second kappa shape index (κ2) is 3.49. The van der Waals surface area contributed by atoms with Gasteiger partial charge >= 0.3 is 5.69 Å². The molecule has 0 saturated heterocycles. The standard InChI is InChI=1S/C12H10N4O2/c1-5-3-4-7-8(6(5)2)14-9-10(13-7)15-12(18)16-11(9)17/h3-4H,1-2H3,(H2,13,15,16,17,18). The fourth-order valence-corrected chi connectivity index (χ4v) is 1.90. The third kappa shape index (κ3) is 1.42. The molecule has 1 aromatic carbocycles. The molecule has 0 aliphatic heterocycles. The Bertz CT molecular complexity index is 892. The van der Waals surface area contributed by atoms with Crippen LogP contribution in [0.1, 0.15) is 11.1 Å². The van der Waals surface area contributed by atoms with E-state index in [9.17, 15) is 9.59 Å². The number of nitrogens with zero attached hydrogens (tertiary/aromatic N) is 2. The van der Waals surface area contributed by atoms with Gasteiger partial charge in [-0.1, -0.05) is 6.07 Å². The number of hydrogen-bond acceptors (Lipinski definition) is 4. The maximum absolute atomic E-state index is 11.7. The Morgan fingerprint density at radius 1 is 1.00 bits per heavy atom. The Labute approximate surface area is 101 Å². The maximum Gasteiger partial charge on any atom is 0.327 e. The summed E-state index contributed by atoms with van der Waals surface area (Å²) in [5, 5.41) is 0. The lowest BCUT2D eigenvalue weighted by Crippen LogP contribution is -2.23. The van der Waals surface area contributed by atoms with Crippen LogP contribution in [0.5, 0.6) is 0 Å². The van der Waals surface area contributed by atoms with Crippen LogP contribution in [0.3, 0.4) is 0 Å². The summed E-state index contributed by atoms with van der Waals surface area (Å²) in [5.74, 6) is 0. The number of aromatic nitrogens is 4. The third-order valence-electron chi connectivity index (χ3n) is 3.03. The van der Waals surface area contributed by atoms with E-state index >= 15 is 0 Å². The van der Waals surface area contributed by atoms with Crippen molar-refractivity contribution in [3.63, 3.8) is 0 Å². The van der Waals surface area contributed by atoms with Crippen molar-refractivity contribution in [2.45, 2.75) is 13.8 Å². The first-order valence-electron chi connectivity index (χ1n) is 5.46. The van der Waals surface area contributed by atoms with E-state index in [1.165, 1.54) is 0 Å². The average molecular weight is 242 g/mol. The zero-order valence-corrected chi connectivity index (χ0v) is 9.87. The number of rotatable bonds is 0. The zero-order chi connectivity index (χ0) is 12.9. The van der Waals surface area contributed by atoms with Crippen LogP contribution in [0, 0.1) is 13.8 Å². The van der Waals surface area contributed by atoms with Gasteiger partial charge in [0.25, 0.3) is 5.56 Å². The smallest absolute Gasteiger partial charge is 0.290 e. The number of hydrogen-bond donors (Lipinski definition) is 2. The van der Waals surface area contributed by atoms with Gasteiger partial charge < -0.3 is 0 Å². The van der Waals surface area contributed by atoms with Crippen LogP contribution < -0.4 is 11.2 Å². The first-order chi connectivity index (χ1) is 8.56. The molecule has 0 amide bonds. The molecular weight excluding hydrogens is 232 g/mol. The molecule has 6 nitrogen and oxygen atoms in total. The summed E-state index contributed by atoms with van der Waals surface area (Å²) >= 11 is 0. The first kappa shape index (κ1) is 10.6. The number of fused-ring (bicyclic) bond motifs is 2. The molecule has 0 bridgehead atoms. The number of benzene rings is 1. The van der Waals surface area contributed by atoms with Gasteiger partial charge in [0.15, 0.2) is 11.2 Å². The van der Waals surface area contributed by atoms with Crippen LogP contribution in [0.25, 0.3) is 22.2 Å². The topological polar surface area (TPSA) is 91.5 Å². The van der Waals surface area contributed by atoms with Crippen molar-refractivity contribution in [2.24, 2.45) is 0 Å². The van der Waals surface area contributed by atoms with E-state index in [-0.39, 0.29) is 11.2 Å². The second-order valence-electron chi connectivity index (χ2n) is 4.20. The molecule has 90 valence electrons. The van der Waals surface area contributed by atoms with Gasteiger partial charge in [-0.25, -0.2) is 14.8 Å². The Morgan fingerprint density at radius 3 is 2.56 bits per heavy atom. The van der Waals surface area contributed by atoms with Crippen LogP contribution in [0.15, 0.2) is 21.7 Å². The van der Waals surface area contributed by atoms with Gasteiger partial charge in [0.2, 0.25) is 0 Å². The van der Waals surface area contributed by atoms with Gasteiger partial charge in [0.05, 0.1) is 11.0 Å². The molecule has 0 saturated carbocycles. The van der Waals surface area contributed by atoms with Crippen LogP contribution in [0.2, 0.25) is 0 Å². The molecule has 0 aliphatic carbocycles. The highest BCUT2D eigenvalue weighted by Gasteiger charge is 2.09. The van der Waals surface area contributed by atoms with E-state index in [1.807, 2.05) is 26.0 Å². The van der Waals surface area contributed by atoms with Crippen molar-refractivity contribution < 1.29 is 0 Å². The van der Waals surface area contributed by atoms with Crippen molar-refractivity contribution in [2.75, 3.05) is 0 Å². The van der Waals surface area contributed by atoms with Gasteiger partial charge in [-0.2, -0.15) is 0 Å². The summed E-state index contributed by atoms with van der Waals surface area (Å²) in [5.41, 5.74) is 2.65. The molecule has 6 heteroatoms. The average Bonchev–Trinajstić information content (AvgIpc) is 2.32. The minimum absolute atomic E-state index is 0.149. The van der Waals surface area contributed by atoms with Gasteiger partial charge in [-0.15, -0.1) is 0 Å². The Hall–Kier alpha value is -2.50. The van der Waals surface area contributed by atoms with Crippen molar-refractivity contribution in [3.05, 3.63) is 44.1 Å².